The van der Waals surface area contributed by atoms with Crippen LogP contribution in [0.15, 0.2) is 48.5 Å². The number of nitriles is 1. The molecule has 1 atom stereocenters. The number of ether oxygens (including phenoxy) is 1. The van der Waals surface area contributed by atoms with Gasteiger partial charge in [-0.05, 0) is 23.3 Å². The van der Waals surface area contributed by atoms with E-state index in [1.54, 1.807) is 31.4 Å². The predicted molar refractivity (Wildman–Crippen MR) is 73.5 cm³/mol. The minimum Gasteiger partial charge on any atom is -0.497 e. The molecule has 2 aromatic rings. The van der Waals surface area contributed by atoms with E-state index in [1.807, 2.05) is 12.1 Å². The molecule has 0 aromatic heterocycles. The molecule has 0 amide bonds. The van der Waals surface area contributed by atoms with Crippen LogP contribution in [-0.4, -0.2) is 12.0 Å². The standard InChI is InChI=1S/C15H12N2O3/c1-20-14-8-4-12(5-9-14)15(10-16)11-2-6-13(7-3-11)17(18)19/h2-9,15H,1H3/t15-/m0/s1. The summed E-state index contributed by atoms with van der Waals surface area (Å²) in [5.74, 6) is 0.260. The van der Waals surface area contributed by atoms with E-state index in [0.29, 0.717) is 5.75 Å². The minimum absolute atomic E-state index is 0.0140. The molecule has 5 heteroatoms. The summed E-state index contributed by atoms with van der Waals surface area (Å²) in [5.41, 5.74) is 1.56. The van der Waals surface area contributed by atoms with Crippen LogP contribution < -0.4 is 4.74 Å². The molecule has 0 aliphatic heterocycles. The lowest BCUT2D eigenvalue weighted by Crippen LogP contribution is -1.98. The van der Waals surface area contributed by atoms with Crippen LogP contribution in [0.3, 0.4) is 0 Å². The van der Waals surface area contributed by atoms with Gasteiger partial charge in [0.25, 0.3) is 5.69 Å². The zero-order chi connectivity index (χ0) is 14.5. The highest BCUT2D eigenvalue weighted by Crippen LogP contribution is 2.27. The zero-order valence-electron chi connectivity index (χ0n) is 10.8. The van der Waals surface area contributed by atoms with Gasteiger partial charge < -0.3 is 4.74 Å². The third-order valence-electron chi connectivity index (χ3n) is 3.02. The monoisotopic (exact) mass is 268 g/mol. The number of nitro groups is 1. The van der Waals surface area contributed by atoms with Gasteiger partial charge in [-0.1, -0.05) is 24.3 Å². The molecular formula is C15H12N2O3. The maximum atomic E-state index is 10.6. The van der Waals surface area contributed by atoms with Gasteiger partial charge >= 0.3 is 0 Å². The molecule has 0 aliphatic carbocycles. The fourth-order valence-electron chi connectivity index (χ4n) is 1.93. The van der Waals surface area contributed by atoms with Gasteiger partial charge in [0.15, 0.2) is 0 Å². The second-order valence-electron chi connectivity index (χ2n) is 4.18. The minimum atomic E-state index is -0.460. The Kier molecular flexibility index (Phi) is 3.96. The SMILES string of the molecule is COc1ccc([C@@H](C#N)c2ccc([N+](=O)[O-])cc2)cc1. The second kappa shape index (κ2) is 5.85. The lowest BCUT2D eigenvalue weighted by molar-refractivity contribution is -0.384. The van der Waals surface area contributed by atoms with E-state index in [9.17, 15) is 15.4 Å². The molecule has 0 bridgehead atoms. The molecule has 0 radical (unpaired) electrons. The summed E-state index contributed by atoms with van der Waals surface area (Å²) in [5, 5.41) is 19.9. The molecule has 0 spiro atoms. The first-order valence-electron chi connectivity index (χ1n) is 5.93. The highest BCUT2D eigenvalue weighted by Gasteiger charge is 2.15. The van der Waals surface area contributed by atoms with Crippen LogP contribution in [0, 0.1) is 21.4 Å². The van der Waals surface area contributed by atoms with E-state index < -0.39 is 10.8 Å². The lowest BCUT2D eigenvalue weighted by Gasteiger charge is -2.10. The highest BCUT2D eigenvalue weighted by molar-refractivity contribution is 5.43. The Balaban J connectivity index is 2.31. The molecule has 0 heterocycles. The number of nitro benzene ring substituents is 1. The van der Waals surface area contributed by atoms with Crippen molar-refractivity contribution in [2.24, 2.45) is 0 Å². The van der Waals surface area contributed by atoms with Crippen molar-refractivity contribution in [1.82, 2.24) is 0 Å². The van der Waals surface area contributed by atoms with E-state index in [1.165, 1.54) is 12.1 Å². The maximum absolute atomic E-state index is 10.6. The fraction of sp³-hybridized carbons (Fsp3) is 0.133. The molecule has 5 nitrogen and oxygen atoms in total. The highest BCUT2D eigenvalue weighted by atomic mass is 16.6. The Morgan fingerprint density at radius 3 is 2.00 bits per heavy atom. The van der Waals surface area contributed by atoms with E-state index in [0.717, 1.165) is 11.1 Å². The molecule has 0 aliphatic rings. The second-order valence-corrected chi connectivity index (χ2v) is 4.18. The summed E-state index contributed by atoms with van der Waals surface area (Å²) in [6.45, 7) is 0. The number of methoxy groups -OCH3 is 1. The van der Waals surface area contributed by atoms with Gasteiger partial charge in [-0.25, -0.2) is 0 Å². The summed E-state index contributed by atoms with van der Waals surface area (Å²) in [4.78, 5) is 10.2. The number of nitrogens with zero attached hydrogens (tertiary/aromatic N) is 2. The van der Waals surface area contributed by atoms with E-state index in [4.69, 9.17) is 4.74 Å². The first kappa shape index (κ1) is 13.6. The Labute approximate surface area is 116 Å². The number of benzene rings is 2. The third-order valence-corrected chi connectivity index (χ3v) is 3.02. The van der Waals surface area contributed by atoms with Crippen molar-refractivity contribution >= 4 is 5.69 Å². The predicted octanol–water partition coefficient (Wildman–Crippen LogP) is 3.26. The Morgan fingerprint density at radius 2 is 1.60 bits per heavy atom. The smallest absolute Gasteiger partial charge is 0.269 e. The van der Waals surface area contributed by atoms with Gasteiger partial charge in [0, 0.05) is 12.1 Å². The maximum Gasteiger partial charge on any atom is 0.269 e. The molecular weight excluding hydrogens is 256 g/mol. The van der Waals surface area contributed by atoms with Gasteiger partial charge in [0.1, 0.15) is 5.75 Å². The normalized spacial score (nSPS) is 11.4. The third kappa shape index (κ3) is 2.75. The number of hydrogen-bond donors (Lipinski definition) is 0. The van der Waals surface area contributed by atoms with Crippen molar-refractivity contribution in [3.63, 3.8) is 0 Å². The molecule has 2 rings (SSSR count). The lowest BCUT2D eigenvalue weighted by atomic mass is 9.92. The zero-order valence-corrected chi connectivity index (χ0v) is 10.8. The van der Waals surface area contributed by atoms with Crippen LogP contribution in [0.4, 0.5) is 5.69 Å². The average molecular weight is 268 g/mol. The molecule has 0 saturated heterocycles. The van der Waals surface area contributed by atoms with E-state index >= 15 is 0 Å². The summed E-state index contributed by atoms with van der Waals surface area (Å²) >= 11 is 0. The van der Waals surface area contributed by atoms with Crippen molar-refractivity contribution in [2.75, 3.05) is 7.11 Å². The summed E-state index contributed by atoms with van der Waals surface area (Å²) < 4.78 is 5.07. The van der Waals surface area contributed by atoms with Crippen LogP contribution in [0.2, 0.25) is 0 Å². The van der Waals surface area contributed by atoms with Crippen LogP contribution in [0.1, 0.15) is 17.0 Å². The molecule has 100 valence electrons. The fourth-order valence-corrected chi connectivity index (χ4v) is 1.93. The number of hydrogen-bond acceptors (Lipinski definition) is 4. The first-order valence-corrected chi connectivity index (χ1v) is 5.93. The Hall–Kier alpha value is -2.87. The van der Waals surface area contributed by atoms with E-state index in [2.05, 4.69) is 6.07 Å². The van der Waals surface area contributed by atoms with Crippen LogP contribution >= 0.6 is 0 Å². The Bertz CT molecular complexity index is 642. The van der Waals surface area contributed by atoms with Gasteiger partial charge in [0.2, 0.25) is 0 Å². The van der Waals surface area contributed by atoms with E-state index in [-0.39, 0.29) is 5.69 Å². The molecule has 0 saturated carbocycles. The summed E-state index contributed by atoms with van der Waals surface area (Å²) in [6.07, 6.45) is 0. The van der Waals surface area contributed by atoms with Crippen LogP contribution in [-0.2, 0) is 0 Å². The number of non-ortho nitro benzene ring substituents is 1. The molecule has 0 fully saturated rings. The van der Waals surface area contributed by atoms with Crippen LogP contribution in [0.25, 0.3) is 0 Å². The molecule has 2 aromatic carbocycles. The van der Waals surface area contributed by atoms with Gasteiger partial charge in [-0.15, -0.1) is 0 Å². The van der Waals surface area contributed by atoms with Crippen molar-refractivity contribution in [3.8, 4) is 11.8 Å². The molecule has 20 heavy (non-hydrogen) atoms. The number of rotatable bonds is 4. The van der Waals surface area contributed by atoms with Crippen molar-refractivity contribution in [3.05, 3.63) is 69.8 Å². The van der Waals surface area contributed by atoms with Crippen molar-refractivity contribution in [1.29, 1.82) is 5.26 Å². The van der Waals surface area contributed by atoms with Gasteiger partial charge in [-0.2, -0.15) is 5.26 Å². The molecule has 0 unspecified atom stereocenters. The van der Waals surface area contributed by atoms with Crippen molar-refractivity contribution < 1.29 is 9.66 Å². The topological polar surface area (TPSA) is 76.2 Å². The average Bonchev–Trinajstić information content (AvgIpc) is 2.49. The van der Waals surface area contributed by atoms with Gasteiger partial charge in [-0.3, -0.25) is 10.1 Å². The Morgan fingerprint density at radius 1 is 1.10 bits per heavy atom. The summed E-state index contributed by atoms with van der Waals surface area (Å²) in [6, 6.07) is 15.4. The van der Waals surface area contributed by atoms with Crippen LogP contribution in [0.5, 0.6) is 5.75 Å². The quantitative estimate of drug-likeness (QED) is 0.630. The first-order chi connectivity index (χ1) is 9.65. The van der Waals surface area contributed by atoms with Gasteiger partial charge in [0.05, 0.1) is 24.0 Å². The van der Waals surface area contributed by atoms with Crippen molar-refractivity contribution in [2.45, 2.75) is 5.92 Å². The largest absolute Gasteiger partial charge is 0.497 e. The molecule has 0 N–H and O–H groups in total. The summed E-state index contributed by atoms with van der Waals surface area (Å²) in [7, 11) is 1.58.